The van der Waals surface area contributed by atoms with Crippen molar-refractivity contribution < 1.29 is 23.1 Å². The molecule has 0 amide bonds. The van der Waals surface area contributed by atoms with Crippen LogP contribution in [0, 0.1) is 13.8 Å². The number of nitrogens with two attached hydrogens (primary N) is 1. The largest absolute Gasteiger partial charge is 0.478 e. The predicted molar refractivity (Wildman–Crippen MR) is 153 cm³/mol. The summed E-state index contributed by atoms with van der Waals surface area (Å²) in [5.41, 5.74) is 4.67. The van der Waals surface area contributed by atoms with Crippen LogP contribution in [0.5, 0.6) is 11.5 Å². The number of anilines is 1. The zero-order valence-electron chi connectivity index (χ0n) is 22.0. The minimum absolute atomic E-state index is 0.00140. The van der Waals surface area contributed by atoms with Gasteiger partial charge in [-0.3, -0.25) is 0 Å². The second-order valence-electron chi connectivity index (χ2n) is 9.55. The van der Waals surface area contributed by atoms with E-state index in [1.54, 1.807) is 24.3 Å². The van der Waals surface area contributed by atoms with E-state index < -0.39 is 16.0 Å². The SMILES string of the molecule is Cc1ccc(CCN(CCc2ccc(C)cc2)c2cc(C(=O)O)cc(S(N)(=O)=O)c2Oc2ccccc2)cc1. The van der Waals surface area contributed by atoms with Gasteiger partial charge in [0.1, 0.15) is 10.6 Å². The number of nitrogens with zero attached hydrogens (tertiary/aromatic N) is 1. The Labute approximate surface area is 229 Å². The molecule has 0 radical (unpaired) electrons. The summed E-state index contributed by atoms with van der Waals surface area (Å²) >= 11 is 0. The second-order valence-corrected chi connectivity index (χ2v) is 11.1. The van der Waals surface area contributed by atoms with Crippen LogP contribution in [0.4, 0.5) is 5.69 Å². The van der Waals surface area contributed by atoms with E-state index in [0.717, 1.165) is 28.3 Å². The third kappa shape index (κ3) is 7.46. The van der Waals surface area contributed by atoms with Gasteiger partial charge in [0.05, 0.1) is 11.3 Å². The fourth-order valence-corrected chi connectivity index (χ4v) is 4.95. The number of carboxylic acid groups (broad SMARTS) is 1. The maximum atomic E-state index is 12.7. The zero-order chi connectivity index (χ0) is 28.0. The Morgan fingerprint density at radius 1 is 0.821 bits per heavy atom. The summed E-state index contributed by atoms with van der Waals surface area (Å²) in [6.45, 7) is 5.04. The minimum Gasteiger partial charge on any atom is -0.478 e. The number of benzene rings is 4. The van der Waals surface area contributed by atoms with Crippen LogP contribution in [0.2, 0.25) is 0 Å². The molecule has 4 aromatic carbocycles. The summed E-state index contributed by atoms with van der Waals surface area (Å²) in [5, 5.41) is 15.4. The van der Waals surface area contributed by atoms with Crippen LogP contribution in [0.15, 0.2) is 95.9 Å². The fraction of sp³-hybridized carbons (Fsp3) is 0.194. The van der Waals surface area contributed by atoms with Gasteiger partial charge in [-0.15, -0.1) is 0 Å². The molecule has 0 saturated carbocycles. The minimum atomic E-state index is -4.32. The van der Waals surface area contributed by atoms with Gasteiger partial charge in [0, 0.05) is 13.1 Å². The van der Waals surface area contributed by atoms with E-state index in [2.05, 4.69) is 24.3 Å². The summed E-state index contributed by atoms with van der Waals surface area (Å²) in [6, 6.07) is 27.6. The standard InChI is InChI=1S/C31H32N2O5S/c1-22-8-12-24(13-9-22)16-18-33(19-17-25-14-10-23(2)11-15-25)28-20-26(31(34)35)21-29(39(32,36)37)30(28)38-27-6-4-3-5-7-27/h3-15,20-21H,16-19H2,1-2H3,(H,34,35)(H2,32,36,37). The molecule has 0 aliphatic rings. The third-order valence-corrected chi connectivity index (χ3v) is 7.39. The lowest BCUT2D eigenvalue weighted by molar-refractivity contribution is 0.0696. The van der Waals surface area contributed by atoms with Crippen molar-refractivity contribution in [2.45, 2.75) is 31.6 Å². The van der Waals surface area contributed by atoms with Crippen LogP contribution in [-0.2, 0) is 22.9 Å². The number of sulfonamides is 1. The van der Waals surface area contributed by atoms with Crippen molar-refractivity contribution in [2.75, 3.05) is 18.0 Å². The highest BCUT2D eigenvalue weighted by molar-refractivity contribution is 7.89. The number of hydrogen-bond acceptors (Lipinski definition) is 5. The van der Waals surface area contributed by atoms with Gasteiger partial charge in [-0.25, -0.2) is 18.4 Å². The number of primary sulfonamides is 1. The number of rotatable bonds is 11. The molecule has 0 heterocycles. The molecular weight excluding hydrogens is 512 g/mol. The van der Waals surface area contributed by atoms with E-state index in [9.17, 15) is 18.3 Å². The first-order valence-corrected chi connectivity index (χ1v) is 14.2. The molecule has 0 atom stereocenters. The van der Waals surface area contributed by atoms with Gasteiger partial charge in [-0.2, -0.15) is 0 Å². The van der Waals surface area contributed by atoms with Crippen LogP contribution in [0.1, 0.15) is 32.6 Å². The zero-order valence-corrected chi connectivity index (χ0v) is 22.8. The monoisotopic (exact) mass is 544 g/mol. The van der Waals surface area contributed by atoms with Crippen LogP contribution in [0.25, 0.3) is 0 Å². The molecule has 3 N–H and O–H groups in total. The van der Waals surface area contributed by atoms with Gasteiger partial charge >= 0.3 is 5.97 Å². The molecule has 0 aromatic heterocycles. The third-order valence-electron chi connectivity index (χ3n) is 6.47. The van der Waals surface area contributed by atoms with Crippen molar-refractivity contribution in [3.63, 3.8) is 0 Å². The van der Waals surface area contributed by atoms with E-state index in [-0.39, 0.29) is 16.2 Å². The van der Waals surface area contributed by atoms with E-state index in [4.69, 9.17) is 9.88 Å². The van der Waals surface area contributed by atoms with Crippen molar-refractivity contribution in [3.8, 4) is 11.5 Å². The van der Waals surface area contributed by atoms with Crippen molar-refractivity contribution in [2.24, 2.45) is 5.14 Å². The smallest absolute Gasteiger partial charge is 0.335 e. The molecule has 4 aromatic rings. The van der Waals surface area contributed by atoms with Gasteiger partial charge in [-0.1, -0.05) is 77.9 Å². The molecular formula is C31H32N2O5S. The molecule has 39 heavy (non-hydrogen) atoms. The van der Waals surface area contributed by atoms with Gasteiger partial charge in [0.15, 0.2) is 5.75 Å². The molecule has 0 aliphatic heterocycles. The maximum absolute atomic E-state index is 12.7. The topological polar surface area (TPSA) is 110 Å². The Balaban J connectivity index is 1.81. The highest BCUT2D eigenvalue weighted by Crippen LogP contribution is 2.39. The molecule has 4 rings (SSSR count). The number of ether oxygens (including phenoxy) is 1. The van der Waals surface area contributed by atoms with Crippen LogP contribution >= 0.6 is 0 Å². The van der Waals surface area contributed by atoms with Crippen molar-refractivity contribution in [1.82, 2.24) is 0 Å². The van der Waals surface area contributed by atoms with Gasteiger partial charge < -0.3 is 14.7 Å². The van der Waals surface area contributed by atoms with E-state index in [0.29, 0.717) is 37.4 Å². The van der Waals surface area contributed by atoms with Gasteiger partial charge in [0.2, 0.25) is 10.0 Å². The molecule has 8 heteroatoms. The lowest BCUT2D eigenvalue weighted by atomic mass is 10.1. The van der Waals surface area contributed by atoms with Crippen molar-refractivity contribution in [3.05, 3.63) is 119 Å². The van der Waals surface area contributed by atoms with Crippen LogP contribution < -0.4 is 14.8 Å². The predicted octanol–water partition coefficient (Wildman–Crippen LogP) is 5.73. The van der Waals surface area contributed by atoms with E-state index in [1.807, 2.05) is 49.1 Å². The molecule has 202 valence electrons. The number of hydrogen-bond donors (Lipinski definition) is 2. The summed E-state index contributed by atoms with van der Waals surface area (Å²) in [7, 11) is -4.32. The highest BCUT2D eigenvalue weighted by atomic mass is 32.2. The van der Waals surface area contributed by atoms with Gasteiger partial charge in [0.25, 0.3) is 0 Å². The normalized spacial score (nSPS) is 11.3. The van der Waals surface area contributed by atoms with Crippen LogP contribution in [-0.4, -0.2) is 32.6 Å². The summed E-state index contributed by atoms with van der Waals surface area (Å²) in [5.74, 6) is -0.852. The van der Waals surface area contributed by atoms with Crippen molar-refractivity contribution in [1.29, 1.82) is 0 Å². The number of para-hydroxylation sites is 1. The quantitative estimate of drug-likeness (QED) is 0.249. The first kappa shape index (κ1) is 27.9. The summed E-state index contributed by atoms with van der Waals surface area (Å²) in [6.07, 6.45) is 1.31. The average molecular weight is 545 g/mol. The first-order valence-electron chi connectivity index (χ1n) is 12.6. The van der Waals surface area contributed by atoms with E-state index in [1.165, 1.54) is 6.07 Å². The lowest BCUT2D eigenvalue weighted by Crippen LogP contribution is -2.29. The molecule has 0 unspecified atom stereocenters. The Morgan fingerprint density at radius 3 is 1.79 bits per heavy atom. The lowest BCUT2D eigenvalue weighted by Gasteiger charge is -2.28. The average Bonchev–Trinajstić information content (AvgIpc) is 2.91. The van der Waals surface area contributed by atoms with Crippen LogP contribution in [0.3, 0.4) is 0 Å². The molecule has 0 bridgehead atoms. The number of carboxylic acids is 1. The fourth-order valence-electron chi connectivity index (χ4n) is 4.26. The molecule has 0 aliphatic carbocycles. The summed E-state index contributed by atoms with van der Waals surface area (Å²) in [4.78, 5) is 13.6. The summed E-state index contributed by atoms with van der Waals surface area (Å²) < 4.78 is 31.5. The van der Waals surface area contributed by atoms with Gasteiger partial charge in [-0.05, 0) is 62.1 Å². The first-order chi connectivity index (χ1) is 18.6. The Kier molecular flexibility index (Phi) is 8.69. The number of aromatic carboxylic acids is 1. The van der Waals surface area contributed by atoms with Crippen molar-refractivity contribution >= 4 is 21.7 Å². The Morgan fingerprint density at radius 2 is 1.33 bits per heavy atom. The Bertz CT molecular complexity index is 1490. The molecule has 7 nitrogen and oxygen atoms in total. The highest BCUT2D eigenvalue weighted by Gasteiger charge is 2.26. The Hall–Kier alpha value is -4.14. The number of carbonyl (C=O) groups is 1. The second kappa shape index (κ2) is 12.1. The van der Waals surface area contributed by atoms with E-state index >= 15 is 0 Å². The maximum Gasteiger partial charge on any atom is 0.335 e. The number of aryl methyl sites for hydroxylation is 2. The molecule has 0 spiro atoms. The molecule has 0 saturated heterocycles. The molecule has 0 fully saturated rings.